The van der Waals surface area contributed by atoms with Crippen LogP contribution in [-0.2, 0) is 0 Å². The third kappa shape index (κ3) is 1.13. The molecule has 0 aliphatic heterocycles. The molecule has 0 unspecified atom stereocenters. The predicted molar refractivity (Wildman–Crippen MR) is 67.9 cm³/mol. The first-order valence-electron chi connectivity index (χ1n) is 6.37. The molecule has 2 bridgehead atoms. The first-order valence-corrected chi connectivity index (χ1v) is 6.37. The van der Waals surface area contributed by atoms with E-state index in [0.29, 0.717) is 5.88 Å². The molecule has 2 aliphatic rings. The average molecular weight is 258 g/mol. The Hall–Kier alpha value is -2.17. The molecule has 2 aromatic rings. The molecule has 0 radical (unpaired) electrons. The third-order valence-electron chi connectivity index (χ3n) is 4.36. The van der Waals surface area contributed by atoms with Crippen molar-refractivity contribution in [3.05, 3.63) is 34.5 Å². The highest BCUT2D eigenvalue weighted by Crippen LogP contribution is 2.57. The van der Waals surface area contributed by atoms with Crippen molar-refractivity contribution in [2.75, 3.05) is 0 Å². The topological polar surface area (TPSA) is 71.4 Å². The maximum Gasteiger partial charge on any atom is 0.244 e. The fraction of sp³-hybridized carbons (Fsp3) is 0.357. The molecule has 2 aromatic heterocycles. The first-order chi connectivity index (χ1) is 9.09. The summed E-state index contributed by atoms with van der Waals surface area (Å²) in [5.74, 6) is 0.946. The largest absolute Gasteiger partial charge is 0.494 e. The van der Waals surface area contributed by atoms with Crippen LogP contribution in [0, 0.1) is 13.8 Å². The van der Waals surface area contributed by atoms with Gasteiger partial charge in [0.1, 0.15) is 0 Å². The molecule has 0 spiro atoms. The Morgan fingerprint density at radius 1 is 1.16 bits per heavy atom. The SMILES string of the molecule is Cc1noc(-n2c(O)c3c(c2O)[C@H]2C=C[C@@H]3C2)c1C. The van der Waals surface area contributed by atoms with E-state index in [2.05, 4.69) is 17.3 Å². The Morgan fingerprint density at radius 3 is 2.21 bits per heavy atom. The van der Waals surface area contributed by atoms with Crippen LogP contribution in [0.5, 0.6) is 11.8 Å². The molecule has 0 saturated carbocycles. The smallest absolute Gasteiger partial charge is 0.244 e. The first kappa shape index (κ1) is 10.7. The molecule has 2 heterocycles. The fourth-order valence-corrected chi connectivity index (χ4v) is 3.24. The van der Waals surface area contributed by atoms with Crippen LogP contribution in [-0.4, -0.2) is 19.9 Å². The average Bonchev–Trinajstić information content (AvgIpc) is 3.10. The second-order valence-corrected chi connectivity index (χ2v) is 5.34. The van der Waals surface area contributed by atoms with Crippen LogP contribution in [0.2, 0.25) is 0 Å². The lowest BCUT2D eigenvalue weighted by Gasteiger charge is -2.06. The second-order valence-electron chi connectivity index (χ2n) is 5.34. The minimum absolute atomic E-state index is 0.0728. The van der Waals surface area contributed by atoms with Gasteiger partial charge < -0.3 is 14.7 Å². The summed E-state index contributed by atoms with van der Waals surface area (Å²) in [6, 6.07) is 0. The van der Waals surface area contributed by atoms with Crippen LogP contribution < -0.4 is 0 Å². The number of hydrogen-bond donors (Lipinski definition) is 2. The van der Waals surface area contributed by atoms with Gasteiger partial charge in [-0.05, 0) is 20.3 Å². The molecule has 4 rings (SSSR count). The van der Waals surface area contributed by atoms with Crippen LogP contribution in [0.1, 0.15) is 40.6 Å². The van der Waals surface area contributed by atoms with E-state index in [0.717, 1.165) is 28.8 Å². The van der Waals surface area contributed by atoms with Gasteiger partial charge in [0, 0.05) is 28.5 Å². The number of rotatable bonds is 1. The highest BCUT2D eigenvalue weighted by Gasteiger charge is 2.42. The van der Waals surface area contributed by atoms with Crippen LogP contribution in [0.3, 0.4) is 0 Å². The molecule has 5 heteroatoms. The van der Waals surface area contributed by atoms with Crippen molar-refractivity contribution in [2.45, 2.75) is 32.1 Å². The van der Waals surface area contributed by atoms with E-state index in [4.69, 9.17) is 4.52 Å². The van der Waals surface area contributed by atoms with E-state index in [1.807, 2.05) is 13.8 Å². The summed E-state index contributed by atoms with van der Waals surface area (Å²) in [5, 5.41) is 24.7. The van der Waals surface area contributed by atoms with Gasteiger partial charge in [-0.1, -0.05) is 17.3 Å². The molecule has 0 amide bonds. The highest BCUT2D eigenvalue weighted by molar-refractivity contribution is 5.61. The van der Waals surface area contributed by atoms with Crippen molar-refractivity contribution in [3.63, 3.8) is 0 Å². The normalized spacial score (nSPS) is 23.3. The minimum Gasteiger partial charge on any atom is -0.494 e. The summed E-state index contributed by atoms with van der Waals surface area (Å²) in [4.78, 5) is 0. The van der Waals surface area contributed by atoms with Crippen molar-refractivity contribution in [1.82, 2.24) is 9.72 Å². The van der Waals surface area contributed by atoms with Gasteiger partial charge >= 0.3 is 0 Å². The molecule has 2 aliphatic carbocycles. The molecule has 19 heavy (non-hydrogen) atoms. The summed E-state index contributed by atoms with van der Waals surface area (Å²) in [6.07, 6.45) is 5.13. The van der Waals surface area contributed by atoms with Gasteiger partial charge in [-0.2, -0.15) is 0 Å². The summed E-state index contributed by atoms with van der Waals surface area (Å²) in [5.41, 5.74) is 3.24. The van der Waals surface area contributed by atoms with Gasteiger partial charge in [0.05, 0.1) is 5.69 Å². The lowest BCUT2D eigenvalue weighted by molar-refractivity contribution is 0.348. The summed E-state index contributed by atoms with van der Waals surface area (Å²) in [6.45, 7) is 3.69. The Labute approximate surface area is 109 Å². The zero-order valence-corrected chi connectivity index (χ0v) is 10.7. The lowest BCUT2D eigenvalue weighted by atomic mass is 10.0. The molecule has 2 N–H and O–H groups in total. The molecule has 0 saturated heterocycles. The van der Waals surface area contributed by atoms with Crippen LogP contribution >= 0.6 is 0 Å². The second kappa shape index (κ2) is 3.23. The Balaban J connectivity index is 1.99. The van der Waals surface area contributed by atoms with Gasteiger partial charge in [-0.15, -0.1) is 0 Å². The van der Waals surface area contributed by atoms with E-state index in [1.54, 1.807) is 0 Å². The molecule has 2 atom stereocenters. The Kier molecular flexibility index (Phi) is 1.82. The number of aryl methyl sites for hydroxylation is 1. The van der Waals surface area contributed by atoms with Gasteiger partial charge in [0.2, 0.25) is 17.6 Å². The Morgan fingerprint density at radius 2 is 1.74 bits per heavy atom. The number of allylic oxidation sites excluding steroid dienone is 2. The highest BCUT2D eigenvalue weighted by atomic mass is 16.5. The van der Waals surface area contributed by atoms with E-state index in [9.17, 15) is 10.2 Å². The van der Waals surface area contributed by atoms with E-state index < -0.39 is 0 Å². The van der Waals surface area contributed by atoms with Gasteiger partial charge in [0.15, 0.2) is 0 Å². The number of nitrogens with zero attached hydrogens (tertiary/aromatic N) is 2. The number of aromatic hydroxyl groups is 2. The van der Waals surface area contributed by atoms with Crippen molar-refractivity contribution >= 4 is 0 Å². The monoisotopic (exact) mass is 258 g/mol. The molecule has 5 nitrogen and oxygen atoms in total. The van der Waals surface area contributed by atoms with Gasteiger partial charge in [-0.25, -0.2) is 4.57 Å². The van der Waals surface area contributed by atoms with Crippen LogP contribution in [0.15, 0.2) is 16.7 Å². The zero-order valence-electron chi connectivity index (χ0n) is 10.7. The molecular formula is C14H14N2O3. The third-order valence-corrected chi connectivity index (χ3v) is 4.36. The number of hydrogen-bond acceptors (Lipinski definition) is 4. The summed E-state index contributed by atoms with van der Waals surface area (Å²) < 4.78 is 6.61. The predicted octanol–water partition coefficient (Wildman–Crippen LogP) is 2.63. The maximum absolute atomic E-state index is 10.4. The maximum atomic E-state index is 10.4. The van der Waals surface area contributed by atoms with E-state index in [1.165, 1.54) is 4.57 Å². The Bertz CT molecular complexity index is 688. The number of fused-ring (bicyclic) bond motifs is 5. The van der Waals surface area contributed by atoms with Crippen molar-refractivity contribution in [3.8, 4) is 17.6 Å². The quantitative estimate of drug-likeness (QED) is 0.771. The summed E-state index contributed by atoms with van der Waals surface area (Å²) in [7, 11) is 0. The fourth-order valence-electron chi connectivity index (χ4n) is 3.24. The standard InChI is InChI=1S/C14H14N2O3/c1-6-7(2)15-19-14(6)16-12(17)10-8-3-4-9(5-8)11(10)13(16)18/h3-4,8-9,17-18H,5H2,1-2H3/t8-,9+. The van der Waals surface area contributed by atoms with Gasteiger partial charge in [0.25, 0.3) is 0 Å². The molecule has 0 aromatic carbocycles. The van der Waals surface area contributed by atoms with E-state index in [-0.39, 0.29) is 23.6 Å². The van der Waals surface area contributed by atoms with Crippen molar-refractivity contribution < 1.29 is 14.7 Å². The zero-order chi connectivity index (χ0) is 13.3. The van der Waals surface area contributed by atoms with Crippen LogP contribution in [0.4, 0.5) is 0 Å². The molecular weight excluding hydrogens is 244 g/mol. The lowest BCUT2D eigenvalue weighted by Crippen LogP contribution is -1.96. The van der Waals surface area contributed by atoms with Crippen molar-refractivity contribution in [1.29, 1.82) is 0 Å². The van der Waals surface area contributed by atoms with Crippen molar-refractivity contribution in [2.24, 2.45) is 0 Å². The molecule has 0 fully saturated rings. The van der Waals surface area contributed by atoms with Gasteiger partial charge in [-0.3, -0.25) is 0 Å². The van der Waals surface area contributed by atoms with Crippen LogP contribution in [0.25, 0.3) is 5.88 Å². The minimum atomic E-state index is 0.0728. The summed E-state index contributed by atoms with van der Waals surface area (Å²) >= 11 is 0. The number of aromatic nitrogens is 2. The van der Waals surface area contributed by atoms with E-state index >= 15 is 0 Å². The molecule has 98 valence electrons.